The Hall–Kier alpha value is -5.07. The highest BCUT2D eigenvalue weighted by Crippen LogP contribution is 2.24. The van der Waals surface area contributed by atoms with Gasteiger partial charge in [0.25, 0.3) is 11.5 Å². The molecule has 2 aromatic carbocycles. The number of aromatic nitrogens is 5. The van der Waals surface area contributed by atoms with Crippen molar-refractivity contribution in [2.45, 2.75) is 33.7 Å². The third-order valence-corrected chi connectivity index (χ3v) is 7.88. The summed E-state index contributed by atoms with van der Waals surface area (Å²) in [5.41, 5.74) is 4.09. The van der Waals surface area contributed by atoms with Crippen molar-refractivity contribution >= 4 is 33.7 Å². The van der Waals surface area contributed by atoms with Gasteiger partial charge >= 0.3 is 0 Å². The Morgan fingerprint density at radius 3 is 2.56 bits per heavy atom. The van der Waals surface area contributed by atoms with Gasteiger partial charge in [0.2, 0.25) is 0 Å². The highest BCUT2D eigenvalue weighted by Gasteiger charge is 2.23. The van der Waals surface area contributed by atoms with Crippen molar-refractivity contribution in [1.82, 2.24) is 29.5 Å². The summed E-state index contributed by atoms with van der Waals surface area (Å²) < 4.78 is 3.24. The molecule has 0 saturated heterocycles. The Morgan fingerprint density at radius 2 is 1.80 bits per heavy atom. The summed E-state index contributed by atoms with van der Waals surface area (Å²) in [5, 5.41) is 9.71. The standard InChI is InChI=1S/C32H26N6O2S/c1-19(35-31(39)28-21(3)36-37-17-9-16-33-30(28)37)26-18-24-11-8-10-23(14-15-27-20(2)34-22(4)41-27)29(24)32(40)38(26)25-12-6-5-7-13-25/h5-13,16-19H,1-4H3,(H,35,39). The molecule has 41 heavy (non-hydrogen) atoms. The lowest BCUT2D eigenvalue weighted by atomic mass is 10.0. The number of hydrogen-bond acceptors (Lipinski definition) is 6. The number of carbonyl (C=O) groups excluding carboxylic acids is 1. The number of fused-ring (bicyclic) bond motifs is 2. The van der Waals surface area contributed by atoms with Crippen LogP contribution in [0, 0.1) is 32.6 Å². The molecule has 1 unspecified atom stereocenters. The maximum atomic E-state index is 14.3. The summed E-state index contributed by atoms with van der Waals surface area (Å²) in [6.07, 6.45) is 3.38. The van der Waals surface area contributed by atoms with E-state index in [0.29, 0.717) is 39.2 Å². The van der Waals surface area contributed by atoms with E-state index in [2.05, 4.69) is 32.2 Å². The number of para-hydroxylation sites is 1. The molecular formula is C32H26N6O2S. The Kier molecular flexibility index (Phi) is 6.69. The summed E-state index contributed by atoms with van der Waals surface area (Å²) in [6, 6.07) is 18.3. The van der Waals surface area contributed by atoms with Crippen LogP contribution in [0.2, 0.25) is 0 Å². The lowest BCUT2D eigenvalue weighted by molar-refractivity contribution is 0.0939. The van der Waals surface area contributed by atoms with E-state index in [1.54, 1.807) is 34.5 Å². The average Bonchev–Trinajstić information content (AvgIpc) is 3.48. The second-order valence-electron chi connectivity index (χ2n) is 9.76. The maximum Gasteiger partial charge on any atom is 0.264 e. The molecule has 1 amide bonds. The fraction of sp³-hybridized carbons (Fsp3) is 0.156. The third kappa shape index (κ3) is 4.79. The molecule has 202 valence electrons. The molecule has 1 atom stereocenters. The first-order chi connectivity index (χ1) is 19.8. The van der Waals surface area contributed by atoms with E-state index in [4.69, 9.17) is 0 Å². The first kappa shape index (κ1) is 26.2. The van der Waals surface area contributed by atoms with E-state index in [1.165, 1.54) is 11.3 Å². The van der Waals surface area contributed by atoms with Crippen LogP contribution in [0.1, 0.15) is 55.9 Å². The second kappa shape index (κ2) is 10.5. The van der Waals surface area contributed by atoms with Crippen LogP contribution in [0.3, 0.4) is 0 Å². The van der Waals surface area contributed by atoms with Crippen molar-refractivity contribution in [3.8, 4) is 17.5 Å². The van der Waals surface area contributed by atoms with E-state index in [0.717, 1.165) is 21.0 Å². The van der Waals surface area contributed by atoms with E-state index < -0.39 is 6.04 Å². The quantitative estimate of drug-likeness (QED) is 0.296. The van der Waals surface area contributed by atoms with Gasteiger partial charge in [-0.3, -0.25) is 14.2 Å². The average molecular weight is 559 g/mol. The highest BCUT2D eigenvalue weighted by atomic mass is 32.1. The van der Waals surface area contributed by atoms with Gasteiger partial charge in [-0.15, -0.1) is 11.3 Å². The van der Waals surface area contributed by atoms with Crippen LogP contribution in [-0.2, 0) is 0 Å². The van der Waals surface area contributed by atoms with Gasteiger partial charge in [0.1, 0.15) is 10.4 Å². The molecule has 9 heteroatoms. The number of pyridine rings is 1. The molecule has 0 radical (unpaired) electrons. The number of nitrogens with one attached hydrogen (secondary N) is 1. The molecule has 0 spiro atoms. The van der Waals surface area contributed by atoms with Crippen LogP contribution in [0.5, 0.6) is 0 Å². The molecule has 0 aliphatic heterocycles. The largest absolute Gasteiger partial charge is 0.344 e. The van der Waals surface area contributed by atoms with Gasteiger partial charge in [-0.2, -0.15) is 5.10 Å². The Bertz CT molecular complexity index is 2080. The van der Waals surface area contributed by atoms with Crippen molar-refractivity contribution in [3.63, 3.8) is 0 Å². The zero-order chi connectivity index (χ0) is 28.7. The predicted octanol–water partition coefficient (Wildman–Crippen LogP) is 5.31. The lowest BCUT2D eigenvalue weighted by Crippen LogP contribution is -2.32. The molecule has 0 aliphatic carbocycles. The van der Waals surface area contributed by atoms with Gasteiger partial charge in [0, 0.05) is 29.3 Å². The Morgan fingerprint density at radius 1 is 1.00 bits per heavy atom. The van der Waals surface area contributed by atoms with Crippen LogP contribution >= 0.6 is 11.3 Å². The fourth-order valence-corrected chi connectivity index (χ4v) is 5.80. The molecule has 6 aromatic rings. The summed E-state index contributed by atoms with van der Waals surface area (Å²) in [5.74, 6) is 6.12. The number of aryl methyl sites for hydroxylation is 3. The predicted molar refractivity (Wildman–Crippen MR) is 161 cm³/mol. The molecule has 8 nitrogen and oxygen atoms in total. The molecular weight excluding hydrogens is 532 g/mol. The maximum absolute atomic E-state index is 14.3. The highest BCUT2D eigenvalue weighted by molar-refractivity contribution is 7.12. The van der Waals surface area contributed by atoms with Crippen molar-refractivity contribution in [1.29, 1.82) is 0 Å². The number of nitrogens with zero attached hydrogens (tertiary/aromatic N) is 5. The molecule has 1 N–H and O–H groups in total. The minimum atomic E-state index is -0.518. The summed E-state index contributed by atoms with van der Waals surface area (Å²) in [6.45, 7) is 7.53. The zero-order valence-corrected chi connectivity index (χ0v) is 23.8. The lowest BCUT2D eigenvalue weighted by Gasteiger charge is -2.21. The van der Waals surface area contributed by atoms with Gasteiger partial charge in [-0.25, -0.2) is 14.5 Å². The summed E-state index contributed by atoms with van der Waals surface area (Å²) >= 11 is 1.54. The molecule has 0 saturated carbocycles. The Labute approximate surface area is 240 Å². The van der Waals surface area contributed by atoms with E-state index in [1.807, 2.05) is 75.4 Å². The molecule has 0 fully saturated rings. The number of benzene rings is 2. The van der Waals surface area contributed by atoms with Gasteiger partial charge in [0.05, 0.1) is 27.8 Å². The van der Waals surface area contributed by atoms with Gasteiger partial charge in [0.15, 0.2) is 5.65 Å². The van der Waals surface area contributed by atoms with Crippen LogP contribution in [0.25, 0.3) is 22.1 Å². The number of rotatable bonds is 4. The van der Waals surface area contributed by atoms with Gasteiger partial charge < -0.3 is 5.32 Å². The number of thiazole rings is 1. The SMILES string of the molecule is Cc1nc(C)c(C#Cc2cccc3cc(C(C)NC(=O)c4c(C)nn5cccnc45)n(-c4ccccc4)c(=O)c23)s1. The normalized spacial score (nSPS) is 11.8. The first-order valence-electron chi connectivity index (χ1n) is 13.1. The van der Waals surface area contributed by atoms with Crippen LogP contribution in [-0.4, -0.2) is 30.1 Å². The van der Waals surface area contributed by atoms with E-state index in [-0.39, 0.29) is 11.5 Å². The summed E-state index contributed by atoms with van der Waals surface area (Å²) in [4.78, 5) is 37.4. The van der Waals surface area contributed by atoms with Crippen LogP contribution in [0.4, 0.5) is 0 Å². The molecule has 0 bridgehead atoms. The topological polar surface area (TPSA) is 94.2 Å². The van der Waals surface area contributed by atoms with E-state index in [9.17, 15) is 9.59 Å². The second-order valence-corrected chi connectivity index (χ2v) is 11.0. The molecule has 6 rings (SSSR count). The molecule has 4 heterocycles. The minimum absolute atomic E-state index is 0.208. The smallest absolute Gasteiger partial charge is 0.264 e. The fourth-order valence-electron chi connectivity index (χ4n) is 5.02. The number of hydrogen-bond donors (Lipinski definition) is 1. The third-order valence-electron chi connectivity index (χ3n) is 6.89. The van der Waals surface area contributed by atoms with Crippen LogP contribution in [0.15, 0.2) is 77.9 Å². The van der Waals surface area contributed by atoms with Crippen molar-refractivity contribution in [3.05, 3.63) is 122 Å². The van der Waals surface area contributed by atoms with Crippen molar-refractivity contribution in [2.24, 2.45) is 0 Å². The minimum Gasteiger partial charge on any atom is -0.344 e. The number of carbonyl (C=O) groups is 1. The van der Waals surface area contributed by atoms with Gasteiger partial charge in [-0.1, -0.05) is 36.3 Å². The monoisotopic (exact) mass is 558 g/mol. The summed E-state index contributed by atoms with van der Waals surface area (Å²) in [7, 11) is 0. The van der Waals surface area contributed by atoms with Crippen molar-refractivity contribution < 1.29 is 4.79 Å². The Balaban J connectivity index is 1.48. The molecule has 0 aliphatic rings. The zero-order valence-electron chi connectivity index (χ0n) is 23.0. The number of amides is 1. The first-order valence-corrected chi connectivity index (χ1v) is 13.9. The van der Waals surface area contributed by atoms with E-state index >= 15 is 0 Å². The molecule has 4 aromatic heterocycles. The van der Waals surface area contributed by atoms with Crippen LogP contribution < -0.4 is 10.9 Å². The van der Waals surface area contributed by atoms with Gasteiger partial charge in [-0.05, 0) is 69.3 Å². The van der Waals surface area contributed by atoms with Crippen molar-refractivity contribution in [2.75, 3.05) is 0 Å².